The number of rotatable bonds is 15. The molecule has 2 amide bonds. The van der Waals surface area contributed by atoms with Crippen LogP contribution in [0.25, 0.3) is 20.7 Å². The quantitative estimate of drug-likeness (QED) is 0.136. The highest BCUT2D eigenvalue weighted by Crippen LogP contribution is 2.40. The average Bonchev–Trinajstić information content (AvgIpc) is 3.72. The average molecular weight is 619 g/mol. The Balaban J connectivity index is 1.27. The lowest BCUT2D eigenvalue weighted by Crippen LogP contribution is -2.38. The zero-order valence-electron chi connectivity index (χ0n) is 24.8. The molecule has 230 valence electrons. The van der Waals surface area contributed by atoms with E-state index in [1.54, 1.807) is 38.4 Å². The lowest BCUT2D eigenvalue weighted by molar-refractivity contribution is -0.148. The molecule has 5 rings (SSSR count). The number of Topliss-reactive ketones (excluding diaryl/α,β-unsaturated/α-hetero) is 1. The summed E-state index contributed by atoms with van der Waals surface area (Å²) < 4.78 is 32.0. The number of hydrogen-bond donors (Lipinski definition) is 0. The number of ketones is 1. The number of ether oxygens (including phenoxy) is 3. The summed E-state index contributed by atoms with van der Waals surface area (Å²) in [6, 6.07) is 15.9. The number of fused-ring (bicyclic) bond motifs is 1. The number of benzene rings is 2. The van der Waals surface area contributed by atoms with Crippen molar-refractivity contribution in [1.82, 2.24) is 9.88 Å². The van der Waals surface area contributed by atoms with Gasteiger partial charge in [-0.05, 0) is 53.6 Å². The minimum Gasteiger partial charge on any atom is -0.453 e. The SMILES string of the molecule is CCC(=O)N(Cc1ccc(-c2cc3nccc(Oc4ccc(CC(=O)CC5CC5)cc4F)c3s2)cc1)C(=O)COCCOC. The smallest absolute Gasteiger partial charge is 0.255 e. The highest BCUT2D eigenvalue weighted by Gasteiger charge is 2.24. The van der Waals surface area contributed by atoms with E-state index in [2.05, 4.69) is 4.98 Å². The minimum atomic E-state index is -0.519. The second kappa shape index (κ2) is 14.7. The summed E-state index contributed by atoms with van der Waals surface area (Å²) in [6.45, 7) is 2.30. The minimum absolute atomic E-state index is 0.0834. The topological polar surface area (TPSA) is 95.0 Å². The van der Waals surface area contributed by atoms with Gasteiger partial charge in [-0.3, -0.25) is 24.3 Å². The molecule has 1 fully saturated rings. The van der Waals surface area contributed by atoms with Crippen molar-refractivity contribution in [2.45, 2.75) is 45.6 Å². The predicted molar refractivity (Wildman–Crippen MR) is 166 cm³/mol. The van der Waals surface area contributed by atoms with E-state index < -0.39 is 11.7 Å². The normalized spacial score (nSPS) is 12.8. The van der Waals surface area contributed by atoms with Gasteiger partial charge in [0.2, 0.25) is 5.91 Å². The molecule has 0 spiro atoms. The summed E-state index contributed by atoms with van der Waals surface area (Å²) in [4.78, 5) is 44.0. The second-order valence-electron chi connectivity index (χ2n) is 10.8. The third-order valence-corrected chi connectivity index (χ3v) is 8.54. The maximum Gasteiger partial charge on any atom is 0.255 e. The van der Waals surface area contributed by atoms with Gasteiger partial charge in [0.15, 0.2) is 11.6 Å². The highest BCUT2D eigenvalue weighted by atomic mass is 32.1. The first kappa shape index (κ1) is 31.4. The molecule has 2 heterocycles. The van der Waals surface area contributed by atoms with Crippen molar-refractivity contribution in [3.63, 3.8) is 0 Å². The summed E-state index contributed by atoms with van der Waals surface area (Å²) >= 11 is 1.47. The van der Waals surface area contributed by atoms with Crippen LogP contribution in [0.3, 0.4) is 0 Å². The Morgan fingerprint density at radius 1 is 0.977 bits per heavy atom. The van der Waals surface area contributed by atoms with Gasteiger partial charge in [-0.1, -0.05) is 37.3 Å². The molecule has 4 aromatic rings. The summed E-state index contributed by atoms with van der Waals surface area (Å²) in [6.07, 6.45) is 4.84. The first-order chi connectivity index (χ1) is 21.3. The van der Waals surface area contributed by atoms with Crippen LogP contribution < -0.4 is 4.74 Å². The Morgan fingerprint density at radius 2 is 1.75 bits per heavy atom. The van der Waals surface area contributed by atoms with Gasteiger partial charge in [0, 0.05) is 43.5 Å². The molecule has 8 nitrogen and oxygen atoms in total. The van der Waals surface area contributed by atoms with Gasteiger partial charge in [0.1, 0.15) is 18.1 Å². The first-order valence-corrected chi connectivity index (χ1v) is 15.5. The molecule has 1 saturated carbocycles. The third kappa shape index (κ3) is 8.13. The Bertz CT molecular complexity index is 1630. The van der Waals surface area contributed by atoms with Crippen molar-refractivity contribution < 1.29 is 33.0 Å². The van der Waals surface area contributed by atoms with Gasteiger partial charge in [0.05, 0.1) is 30.0 Å². The maximum atomic E-state index is 15.0. The summed E-state index contributed by atoms with van der Waals surface area (Å²) in [5, 5.41) is 0. The van der Waals surface area contributed by atoms with Crippen LogP contribution in [0.5, 0.6) is 11.5 Å². The van der Waals surface area contributed by atoms with Crippen LogP contribution in [-0.4, -0.2) is 54.4 Å². The molecular formula is C34H35FN2O6S. The van der Waals surface area contributed by atoms with Crippen LogP contribution >= 0.6 is 11.3 Å². The largest absolute Gasteiger partial charge is 0.453 e. The summed E-state index contributed by atoms with van der Waals surface area (Å²) in [5.41, 5.74) is 3.09. The van der Waals surface area contributed by atoms with Crippen LogP contribution in [0.15, 0.2) is 60.8 Å². The van der Waals surface area contributed by atoms with Crippen molar-refractivity contribution in [3.05, 3.63) is 77.7 Å². The van der Waals surface area contributed by atoms with Gasteiger partial charge >= 0.3 is 0 Å². The van der Waals surface area contributed by atoms with Crippen molar-refractivity contribution in [2.75, 3.05) is 26.9 Å². The van der Waals surface area contributed by atoms with E-state index in [4.69, 9.17) is 14.2 Å². The van der Waals surface area contributed by atoms with Crippen molar-refractivity contribution in [2.24, 2.45) is 5.92 Å². The molecule has 0 bridgehead atoms. The van der Waals surface area contributed by atoms with Crippen LogP contribution in [0, 0.1) is 11.7 Å². The summed E-state index contributed by atoms with van der Waals surface area (Å²) in [5.74, 6) is 0.0271. The van der Waals surface area contributed by atoms with E-state index in [9.17, 15) is 18.8 Å². The fourth-order valence-corrected chi connectivity index (χ4v) is 5.85. The molecule has 0 radical (unpaired) electrons. The van der Waals surface area contributed by atoms with E-state index in [1.165, 1.54) is 22.3 Å². The van der Waals surface area contributed by atoms with Gasteiger partial charge in [-0.2, -0.15) is 0 Å². The molecule has 1 aliphatic rings. The summed E-state index contributed by atoms with van der Waals surface area (Å²) in [7, 11) is 1.55. The van der Waals surface area contributed by atoms with Gasteiger partial charge in [-0.25, -0.2) is 4.39 Å². The number of pyridine rings is 1. The molecule has 0 saturated heterocycles. The fraction of sp³-hybridized carbons (Fsp3) is 0.353. The van der Waals surface area contributed by atoms with Crippen LogP contribution in [0.4, 0.5) is 4.39 Å². The number of halogens is 1. The van der Waals surface area contributed by atoms with Gasteiger partial charge in [-0.15, -0.1) is 11.3 Å². The lowest BCUT2D eigenvalue weighted by atomic mass is 10.0. The lowest BCUT2D eigenvalue weighted by Gasteiger charge is -2.20. The monoisotopic (exact) mass is 618 g/mol. The number of amides is 2. The molecule has 2 aromatic carbocycles. The number of thiophene rings is 1. The van der Waals surface area contributed by atoms with E-state index in [-0.39, 0.29) is 50.0 Å². The van der Waals surface area contributed by atoms with Crippen molar-refractivity contribution in [3.8, 4) is 21.9 Å². The van der Waals surface area contributed by atoms with Crippen LogP contribution in [0.1, 0.15) is 43.7 Å². The standard InChI is InChI=1S/C34H35FN2O6S/c1-3-32(39)37(33(40)21-42-15-14-41-2)20-23-6-9-25(10-7-23)31-19-28-34(44-31)30(12-13-36-28)43-29-11-8-24(18-27(29)35)17-26(38)16-22-4-5-22/h6-13,18-19,22H,3-5,14-17,20-21H2,1-2H3. The van der Waals surface area contributed by atoms with Gasteiger partial charge < -0.3 is 14.2 Å². The number of nitrogens with zero attached hydrogens (tertiary/aromatic N) is 2. The highest BCUT2D eigenvalue weighted by molar-refractivity contribution is 7.22. The van der Waals surface area contributed by atoms with Crippen LogP contribution in [0.2, 0.25) is 0 Å². The van der Waals surface area contributed by atoms with Crippen molar-refractivity contribution >= 4 is 39.2 Å². The van der Waals surface area contributed by atoms with E-state index in [0.29, 0.717) is 35.8 Å². The Labute approximate surface area is 259 Å². The number of carbonyl (C=O) groups is 3. The number of aromatic nitrogens is 1. The molecule has 0 aliphatic heterocycles. The number of hydrogen-bond acceptors (Lipinski definition) is 8. The fourth-order valence-electron chi connectivity index (χ4n) is 4.78. The third-order valence-electron chi connectivity index (χ3n) is 7.35. The van der Waals surface area contributed by atoms with Crippen LogP contribution in [-0.2, 0) is 36.8 Å². The molecule has 44 heavy (non-hydrogen) atoms. The number of carbonyl (C=O) groups excluding carboxylic acids is 3. The molecule has 10 heteroatoms. The molecule has 0 unspecified atom stereocenters. The number of imide groups is 1. The van der Waals surface area contributed by atoms with E-state index >= 15 is 0 Å². The number of methoxy groups -OCH3 is 1. The van der Waals surface area contributed by atoms with Crippen molar-refractivity contribution in [1.29, 1.82) is 0 Å². The molecule has 0 atom stereocenters. The first-order valence-electron chi connectivity index (χ1n) is 14.7. The molecular weight excluding hydrogens is 583 g/mol. The Morgan fingerprint density at radius 3 is 2.45 bits per heavy atom. The van der Waals surface area contributed by atoms with E-state index in [1.807, 2.05) is 30.3 Å². The zero-order chi connectivity index (χ0) is 31.1. The zero-order valence-corrected chi connectivity index (χ0v) is 25.7. The Kier molecular flexibility index (Phi) is 10.5. The maximum absolute atomic E-state index is 15.0. The molecule has 1 aliphatic carbocycles. The predicted octanol–water partition coefficient (Wildman–Crippen LogP) is 6.73. The second-order valence-corrected chi connectivity index (χ2v) is 11.9. The van der Waals surface area contributed by atoms with E-state index in [0.717, 1.165) is 33.5 Å². The Hall–Kier alpha value is -3.99. The van der Waals surface area contributed by atoms with Gasteiger partial charge in [0.25, 0.3) is 5.91 Å². The molecule has 0 N–H and O–H groups in total. The molecule has 2 aromatic heterocycles.